The molecule has 2 N–H and O–H groups in total. The van der Waals surface area contributed by atoms with Crippen LogP contribution in [-0.2, 0) is 17.9 Å². The van der Waals surface area contributed by atoms with E-state index in [9.17, 15) is 13.6 Å². The van der Waals surface area contributed by atoms with E-state index >= 15 is 0 Å². The van der Waals surface area contributed by atoms with E-state index in [-0.39, 0.29) is 0 Å². The van der Waals surface area contributed by atoms with Crippen LogP contribution in [0, 0.1) is 0 Å². The number of carbonyl (C=O) groups excluding carboxylic acids is 1. The van der Waals surface area contributed by atoms with Crippen molar-refractivity contribution in [2.75, 3.05) is 6.54 Å². The molecule has 0 aliphatic carbocycles. The Morgan fingerprint density at radius 3 is 2.48 bits per heavy atom. The Balaban J connectivity index is 1.45. The lowest BCUT2D eigenvalue weighted by atomic mass is 10.1. The molecule has 1 saturated heterocycles. The summed E-state index contributed by atoms with van der Waals surface area (Å²) < 4.78 is 31.9. The maximum absolute atomic E-state index is 13.1. The van der Waals surface area contributed by atoms with Gasteiger partial charge in [0.15, 0.2) is 0 Å². The first-order valence-corrected chi connectivity index (χ1v) is 8.16. The van der Waals surface area contributed by atoms with Gasteiger partial charge in [-0.3, -0.25) is 10.1 Å². The highest BCUT2D eigenvalue weighted by molar-refractivity contribution is 5.82. The average molecular weight is 346 g/mol. The van der Waals surface area contributed by atoms with Crippen LogP contribution in [0.4, 0.5) is 8.78 Å². The van der Waals surface area contributed by atoms with E-state index in [0.717, 1.165) is 16.9 Å². The summed E-state index contributed by atoms with van der Waals surface area (Å²) in [6.07, 6.45) is -0.453. The topological polar surface area (TPSA) is 50.4 Å². The fourth-order valence-corrected chi connectivity index (χ4v) is 2.66. The summed E-state index contributed by atoms with van der Waals surface area (Å²) in [7, 11) is 0. The van der Waals surface area contributed by atoms with Crippen LogP contribution in [0.25, 0.3) is 0 Å². The predicted molar refractivity (Wildman–Crippen MR) is 90.4 cm³/mol. The molecule has 0 bridgehead atoms. The molecule has 1 fully saturated rings. The zero-order valence-electron chi connectivity index (χ0n) is 13.7. The molecule has 4 nitrogen and oxygen atoms in total. The molecule has 132 valence electrons. The molecule has 0 aromatic heterocycles. The van der Waals surface area contributed by atoms with Crippen LogP contribution in [0.3, 0.4) is 0 Å². The Morgan fingerprint density at radius 2 is 1.84 bits per heavy atom. The molecule has 1 atom stereocenters. The van der Waals surface area contributed by atoms with E-state index in [1.165, 1.54) is 0 Å². The summed E-state index contributed by atoms with van der Waals surface area (Å²) in [4.78, 5) is 11.9. The van der Waals surface area contributed by atoms with Crippen molar-refractivity contribution in [3.8, 4) is 5.75 Å². The molecule has 25 heavy (non-hydrogen) atoms. The standard InChI is InChI=1S/C19H20F2N2O2/c20-19(21)10-17(23-13-19)18(24)22-11-14-6-8-16(9-7-14)25-12-15-4-2-1-3-5-15/h1-9,17,23H,10-13H2,(H,22,24). The molecular weight excluding hydrogens is 326 g/mol. The number of hydrogen-bond acceptors (Lipinski definition) is 3. The van der Waals surface area contributed by atoms with Crippen molar-refractivity contribution in [1.82, 2.24) is 10.6 Å². The van der Waals surface area contributed by atoms with E-state index in [0.29, 0.717) is 13.2 Å². The van der Waals surface area contributed by atoms with Gasteiger partial charge in [0.05, 0.1) is 12.6 Å². The number of rotatable bonds is 6. The predicted octanol–water partition coefficient (Wildman–Crippen LogP) is 2.88. The first-order valence-electron chi connectivity index (χ1n) is 8.16. The lowest BCUT2D eigenvalue weighted by Gasteiger charge is -2.12. The highest BCUT2D eigenvalue weighted by Crippen LogP contribution is 2.25. The van der Waals surface area contributed by atoms with Crippen LogP contribution >= 0.6 is 0 Å². The summed E-state index contributed by atoms with van der Waals surface area (Å²) in [6.45, 7) is 0.332. The van der Waals surface area contributed by atoms with Gasteiger partial charge in [-0.05, 0) is 23.3 Å². The molecule has 2 aromatic rings. The minimum atomic E-state index is -2.81. The van der Waals surface area contributed by atoms with Crippen LogP contribution in [0.2, 0.25) is 0 Å². The molecule has 1 amide bonds. The molecular formula is C19H20F2N2O2. The van der Waals surface area contributed by atoms with Crippen LogP contribution in [0.15, 0.2) is 54.6 Å². The van der Waals surface area contributed by atoms with Crippen LogP contribution < -0.4 is 15.4 Å². The van der Waals surface area contributed by atoms with Gasteiger partial charge in [0.25, 0.3) is 5.92 Å². The number of carbonyl (C=O) groups is 1. The van der Waals surface area contributed by atoms with Crippen LogP contribution in [0.1, 0.15) is 17.5 Å². The molecule has 0 spiro atoms. The lowest BCUT2D eigenvalue weighted by molar-refractivity contribution is -0.123. The van der Waals surface area contributed by atoms with Crippen LogP contribution in [0.5, 0.6) is 5.75 Å². The first-order chi connectivity index (χ1) is 12.0. The largest absolute Gasteiger partial charge is 0.489 e. The Hall–Kier alpha value is -2.47. The number of halogens is 2. The van der Waals surface area contributed by atoms with Crippen molar-refractivity contribution in [1.29, 1.82) is 0 Å². The van der Waals surface area contributed by atoms with Gasteiger partial charge in [-0.2, -0.15) is 0 Å². The third-order valence-corrected chi connectivity index (χ3v) is 4.06. The van der Waals surface area contributed by atoms with E-state index in [1.54, 1.807) is 0 Å². The SMILES string of the molecule is O=C(NCc1ccc(OCc2ccccc2)cc1)C1CC(F)(F)CN1. The summed E-state index contributed by atoms with van der Waals surface area (Å²) >= 11 is 0. The highest BCUT2D eigenvalue weighted by atomic mass is 19.3. The van der Waals surface area contributed by atoms with Gasteiger partial charge in [-0.15, -0.1) is 0 Å². The van der Waals surface area contributed by atoms with E-state index < -0.39 is 30.8 Å². The van der Waals surface area contributed by atoms with E-state index in [2.05, 4.69) is 10.6 Å². The van der Waals surface area contributed by atoms with Crippen molar-refractivity contribution in [2.24, 2.45) is 0 Å². The maximum Gasteiger partial charge on any atom is 0.262 e. The molecule has 1 aliphatic rings. The van der Waals surface area contributed by atoms with Crippen molar-refractivity contribution in [3.63, 3.8) is 0 Å². The summed E-state index contributed by atoms with van der Waals surface area (Å²) in [5, 5.41) is 5.22. The lowest BCUT2D eigenvalue weighted by Crippen LogP contribution is -2.39. The zero-order valence-corrected chi connectivity index (χ0v) is 13.7. The number of amides is 1. The number of nitrogens with one attached hydrogen (secondary N) is 2. The quantitative estimate of drug-likeness (QED) is 0.846. The van der Waals surface area contributed by atoms with Crippen molar-refractivity contribution < 1.29 is 18.3 Å². The van der Waals surface area contributed by atoms with E-state index in [1.807, 2.05) is 54.6 Å². The number of hydrogen-bond donors (Lipinski definition) is 2. The molecule has 0 saturated carbocycles. The molecule has 1 aliphatic heterocycles. The highest BCUT2D eigenvalue weighted by Gasteiger charge is 2.42. The number of alkyl halides is 2. The van der Waals surface area contributed by atoms with Gasteiger partial charge in [-0.25, -0.2) is 8.78 Å². The van der Waals surface area contributed by atoms with Crippen molar-refractivity contribution in [3.05, 3.63) is 65.7 Å². The second-order valence-corrected chi connectivity index (χ2v) is 6.13. The third-order valence-electron chi connectivity index (χ3n) is 4.06. The molecule has 2 aromatic carbocycles. The summed E-state index contributed by atoms with van der Waals surface area (Å²) in [5.74, 6) is -2.47. The maximum atomic E-state index is 13.1. The van der Waals surface area contributed by atoms with Gasteiger partial charge >= 0.3 is 0 Å². The Labute approximate surface area is 145 Å². The Bertz CT molecular complexity index is 705. The van der Waals surface area contributed by atoms with Crippen LogP contribution in [-0.4, -0.2) is 24.4 Å². The van der Waals surface area contributed by atoms with Crippen molar-refractivity contribution in [2.45, 2.75) is 31.5 Å². The molecule has 3 rings (SSSR count). The smallest absolute Gasteiger partial charge is 0.262 e. The molecule has 0 radical (unpaired) electrons. The minimum Gasteiger partial charge on any atom is -0.489 e. The normalized spacial score (nSPS) is 18.7. The van der Waals surface area contributed by atoms with Gasteiger partial charge in [0.2, 0.25) is 5.91 Å². The molecule has 1 heterocycles. The monoisotopic (exact) mass is 346 g/mol. The second kappa shape index (κ2) is 7.61. The fraction of sp³-hybridized carbons (Fsp3) is 0.316. The van der Waals surface area contributed by atoms with Gasteiger partial charge in [0.1, 0.15) is 12.4 Å². The number of benzene rings is 2. The van der Waals surface area contributed by atoms with Gasteiger partial charge < -0.3 is 10.1 Å². The minimum absolute atomic E-state index is 0.293. The van der Waals surface area contributed by atoms with Crippen molar-refractivity contribution >= 4 is 5.91 Å². The summed E-state index contributed by atoms with van der Waals surface area (Å²) in [5.41, 5.74) is 1.96. The van der Waals surface area contributed by atoms with E-state index in [4.69, 9.17) is 4.74 Å². The van der Waals surface area contributed by atoms with Gasteiger partial charge in [-0.1, -0.05) is 42.5 Å². The Kier molecular flexibility index (Phi) is 5.28. The second-order valence-electron chi connectivity index (χ2n) is 6.13. The average Bonchev–Trinajstić information content (AvgIpc) is 3.00. The Morgan fingerprint density at radius 1 is 1.12 bits per heavy atom. The summed E-state index contributed by atoms with van der Waals surface area (Å²) in [6, 6.07) is 16.4. The number of ether oxygens (including phenoxy) is 1. The fourth-order valence-electron chi connectivity index (χ4n) is 2.66. The zero-order chi connectivity index (χ0) is 17.7. The molecule has 1 unspecified atom stereocenters. The first kappa shape index (κ1) is 17.4. The molecule has 6 heteroatoms. The van der Waals surface area contributed by atoms with Gasteiger partial charge in [0, 0.05) is 13.0 Å². The third kappa shape index (κ3) is 5.00.